The predicted molar refractivity (Wildman–Crippen MR) is 98.1 cm³/mol. The van der Waals surface area contributed by atoms with Crippen LogP contribution in [0.3, 0.4) is 0 Å². The number of rotatable bonds is 7. The number of carbonyl (C=O) groups excluding carboxylic acids is 1. The molecule has 0 aromatic carbocycles. The molecule has 0 spiro atoms. The lowest BCUT2D eigenvalue weighted by Gasteiger charge is -2.30. The molecule has 3 heterocycles. The average molecular weight is 431 g/mol. The fraction of sp³-hybridized carbons (Fsp3) is 0.611. The quantitative estimate of drug-likeness (QED) is 0.622. The van der Waals surface area contributed by atoms with Gasteiger partial charge in [-0.1, -0.05) is 12.7 Å². The van der Waals surface area contributed by atoms with Crippen LogP contribution in [0.5, 0.6) is 0 Å². The van der Waals surface area contributed by atoms with E-state index in [9.17, 15) is 14.7 Å². The molecule has 166 valence electrons. The zero-order valence-electron chi connectivity index (χ0n) is 16.0. The first kappa shape index (κ1) is 22.3. The fourth-order valence-electron chi connectivity index (χ4n) is 3.20. The van der Waals surface area contributed by atoms with E-state index in [0.717, 1.165) is 25.1 Å². The van der Waals surface area contributed by atoms with Gasteiger partial charge in [-0.25, -0.2) is 9.59 Å². The topological polar surface area (TPSA) is 121 Å². The molecule has 10 nitrogen and oxygen atoms in total. The second-order valence-electron chi connectivity index (χ2n) is 6.75. The maximum absolute atomic E-state index is 15.1. The lowest BCUT2D eigenvalue weighted by Crippen LogP contribution is -2.46. The fourth-order valence-corrected chi connectivity index (χ4v) is 3.20. The van der Waals surface area contributed by atoms with Crippen molar-refractivity contribution in [2.75, 3.05) is 25.1 Å². The minimum Gasteiger partial charge on any atom is -0.445 e. The molecule has 3 rings (SSSR count). The Balaban J connectivity index is 1.76. The van der Waals surface area contributed by atoms with Gasteiger partial charge in [-0.3, -0.25) is 9.88 Å². The van der Waals surface area contributed by atoms with Crippen molar-refractivity contribution in [1.29, 1.82) is 0 Å². The highest BCUT2D eigenvalue weighted by Crippen LogP contribution is 2.44. The van der Waals surface area contributed by atoms with Gasteiger partial charge in [0.25, 0.3) is 0 Å². The molecule has 30 heavy (non-hydrogen) atoms. The van der Waals surface area contributed by atoms with Gasteiger partial charge in [-0.2, -0.15) is 13.8 Å². The first-order valence-corrected chi connectivity index (χ1v) is 9.42. The number of aromatic nitrogens is 2. The molecule has 2 aliphatic heterocycles. The van der Waals surface area contributed by atoms with Gasteiger partial charge in [-0.15, -0.1) is 0 Å². The molecule has 2 saturated heterocycles. The van der Waals surface area contributed by atoms with Crippen molar-refractivity contribution in [2.24, 2.45) is 0 Å². The van der Waals surface area contributed by atoms with E-state index in [2.05, 4.69) is 16.9 Å². The molecular weight excluding hydrogens is 408 g/mol. The van der Waals surface area contributed by atoms with Crippen LogP contribution in [0.1, 0.15) is 25.5 Å². The van der Waals surface area contributed by atoms with Gasteiger partial charge in [0.2, 0.25) is 6.23 Å². The van der Waals surface area contributed by atoms with Crippen LogP contribution >= 0.6 is 0 Å². The maximum atomic E-state index is 15.1. The number of alkyl halides is 2. The lowest BCUT2D eigenvalue weighted by molar-refractivity contribution is -0.239. The first-order chi connectivity index (χ1) is 14.4. The number of amides is 1. The molecule has 12 heteroatoms. The van der Waals surface area contributed by atoms with Gasteiger partial charge in [0, 0.05) is 12.8 Å². The van der Waals surface area contributed by atoms with E-state index in [1.165, 1.54) is 6.08 Å². The Morgan fingerprint density at radius 2 is 2.30 bits per heavy atom. The summed E-state index contributed by atoms with van der Waals surface area (Å²) in [7, 11) is 0. The van der Waals surface area contributed by atoms with Crippen LogP contribution in [-0.2, 0) is 18.9 Å². The Bertz CT molecular complexity index is 813. The number of carbonyl (C=O) groups is 1. The van der Waals surface area contributed by atoms with Gasteiger partial charge in [0.05, 0.1) is 6.61 Å². The van der Waals surface area contributed by atoms with Crippen molar-refractivity contribution in [3.8, 4) is 0 Å². The molecule has 2 N–H and O–H groups in total. The van der Waals surface area contributed by atoms with Crippen molar-refractivity contribution in [1.82, 2.24) is 9.55 Å². The Morgan fingerprint density at radius 1 is 1.50 bits per heavy atom. The lowest BCUT2D eigenvalue weighted by atomic mass is 10.1. The number of anilines is 1. The molecule has 1 amide bonds. The molecule has 1 unspecified atom stereocenters. The molecule has 0 aliphatic carbocycles. The van der Waals surface area contributed by atoms with E-state index in [-0.39, 0.29) is 12.4 Å². The zero-order valence-corrected chi connectivity index (χ0v) is 16.0. The summed E-state index contributed by atoms with van der Waals surface area (Å²) in [6.45, 7) is 2.99. The molecular formula is C18H23F2N3O7. The standard InChI is InChI=1S/C18H23F2N3O7/c1-2-8-28-17(26)22-12-6-7-23(16(25)21-12)15-18(19,20)14(11(10-24)29-15)30-13-5-3-4-9-27-13/h2,6-7,11,13-15,24H,1,3-5,8-10H2,(H,21,22,25,26)/t11-,13?,14+,15+/m0/s1. The summed E-state index contributed by atoms with van der Waals surface area (Å²) in [4.78, 5) is 27.4. The minimum atomic E-state index is -3.66. The van der Waals surface area contributed by atoms with Crippen LogP contribution in [-0.4, -0.2) is 65.0 Å². The third kappa shape index (κ3) is 4.83. The van der Waals surface area contributed by atoms with Gasteiger partial charge in [-0.05, 0) is 25.3 Å². The number of hydrogen-bond acceptors (Lipinski definition) is 8. The molecule has 2 fully saturated rings. The van der Waals surface area contributed by atoms with Crippen LogP contribution in [0, 0.1) is 0 Å². The second kappa shape index (κ2) is 9.60. The highest BCUT2D eigenvalue weighted by Gasteiger charge is 2.61. The number of nitrogens with zero attached hydrogens (tertiary/aromatic N) is 2. The SMILES string of the molecule is C=CCOC(=O)Nc1ccn([C@@H]2O[C@@H](CO)[C@@H](OC3CCCCO3)C2(F)F)c(=O)n1. The Kier molecular flexibility index (Phi) is 7.13. The maximum Gasteiger partial charge on any atom is 0.413 e. The van der Waals surface area contributed by atoms with E-state index in [1.807, 2.05) is 0 Å². The predicted octanol–water partition coefficient (Wildman–Crippen LogP) is 1.41. The number of nitrogens with one attached hydrogen (secondary N) is 1. The smallest absolute Gasteiger partial charge is 0.413 e. The van der Waals surface area contributed by atoms with Crippen LogP contribution in [0.25, 0.3) is 0 Å². The van der Waals surface area contributed by atoms with Crippen LogP contribution in [0.15, 0.2) is 29.7 Å². The van der Waals surface area contributed by atoms with E-state index in [4.69, 9.17) is 18.9 Å². The molecule has 4 atom stereocenters. The molecule has 2 aliphatic rings. The third-order valence-corrected chi connectivity index (χ3v) is 4.61. The van der Waals surface area contributed by atoms with Crippen molar-refractivity contribution in [3.63, 3.8) is 0 Å². The monoisotopic (exact) mass is 431 g/mol. The molecule has 0 radical (unpaired) electrons. The summed E-state index contributed by atoms with van der Waals surface area (Å²) in [6.07, 6.45) is -2.58. The summed E-state index contributed by atoms with van der Waals surface area (Å²) >= 11 is 0. The Hall–Kier alpha value is -2.41. The average Bonchev–Trinajstić information content (AvgIpc) is 2.97. The van der Waals surface area contributed by atoms with Gasteiger partial charge in [0.1, 0.15) is 18.5 Å². The molecule has 0 saturated carbocycles. The molecule has 1 aromatic heterocycles. The number of aliphatic hydroxyl groups excluding tert-OH is 1. The number of halogens is 2. The van der Waals surface area contributed by atoms with Crippen molar-refractivity contribution >= 4 is 11.9 Å². The highest BCUT2D eigenvalue weighted by atomic mass is 19.3. The van der Waals surface area contributed by atoms with Gasteiger partial charge in [0.15, 0.2) is 12.4 Å². The third-order valence-electron chi connectivity index (χ3n) is 4.61. The summed E-state index contributed by atoms with van der Waals surface area (Å²) in [5, 5.41) is 11.7. The first-order valence-electron chi connectivity index (χ1n) is 9.42. The van der Waals surface area contributed by atoms with Crippen molar-refractivity contribution in [3.05, 3.63) is 35.4 Å². The van der Waals surface area contributed by atoms with Crippen LogP contribution < -0.4 is 11.0 Å². The normalized spacial score (nSPS) is 28.1. The Labute approximate surface area is 170 Å². The zero-order chi connectivity index (χ0) is 21.7. The largest absolute Gasteiger partial charge is 0.445 e. The molecule has 0 bridgehead atoms. The number of hydrogen-bond donors (Lipinski definition) is 2. The van der Waals surface area contributed by atoms with E-state index >= 15 is 8.78 Å². The van der Waals surface area contributed by atoms with E-state index < -0.39 is 49.0 Å². The summed E-state index contributed by atoms with van der Waals surface area (Å²) in [5.41, 5.74) is -1.09. The Morgan fingerprint density at radius 3 is 2.93 bits per heavy atom. The van der Waals surface area contributed by atoms with Crippen LogP contribution in [0.4, 0.5) is 19.4 Å². The van der Waals surface area contributed by atoms with E-state index in [1.54, 1.807) is 0 Å². The summed E-state index contributed by atoms with van der Waals surface area (Å²) < 4.78 is 51.4. The van der Waals surface area contributed by atoms with Gasteiger partial charge >= 0.3 is 17.7 Å². The van der Waals surface area contributed by atoms with Crippen molar-refractivity contribution in [2.45, 2.75) is 49.9 Å². The summed E-state index contributed by atoms with van der Waals surface area (Å²) in [5.74, 6) is -3.84. The number of ether oxygens (including phenoxy) is 4. The van der Waals surface area contributed by atoms with E-state index in [0.29, 0.717) is 17.6 Å². The van der Waals surface area contributed by atoms with Crippen molar-refractivity contribution < 1.29 is 37.6 Å². The van der Waals surface area contributed by atoms with Gasteiger partial charge < -0.3 is 24.1 Å². The van der Waals surface area contributed by atoms with Crippen LogP contribution in [0.2, 0.25) is 0 Å². The highest BCUT2D eigenvalue weighted by molar-refractivity contribution is 5.83. The second-order valence-corrected chi connectivity index (χ2v) is 6.75. The minimum absolute atomic E-state index is 0.0559. The number of aliphatic hydroxyl groups is 1. The summed E-state index contributed by atoms with van der Waals surface area (Å²) in [6, 6.07) is 1.14. The molecule has 1 aromatic rings.